The van der Waals surface area contributed by atoms with Crippen LogP contribution < -0.4 is 9.88 Å². The van der Waals surface area contributed by atoms with Gasteiger partial charge < -0.3 is 17.3 Å². The van der Waals surface area contributed by atoms with E-state index in [1.807, 2.05) is 0 Å². The zero-order chi connectivity index (χ0) is 17.0. The summed E-state index contributed by atoms with van der Waals surface area (Å²) in [6.45, 7) is 6.55. The summed E-state index contributed by atoms with van der Waals surface area (Å²) in [6, 6.07) is 11.5. The first-order valence-corrected chi connectivity index (χ1v) is 7.53. The molecule has 2 heterocycles. The fourth-order valence-corrected chi connectivity index (χ4v) is 2.73. The first kappa shape index (κ1) is 17.5. The van der Waals surface area contributed by atoms with Crippen molar-refractivity contribution in [3.8, 4) is 0 Å². The highest BCUT2D eigenvalue weighted by Crippen LogP contribution is 2.23. The Labute approximate surface area is 133 Å². The van der Waals surface area contributed by atoms with Gasteiger partial charge in [0.05, 0.1) is 6.04 Å². The minimum atomic E-state index is -6.00. The minimum absolute atomic E-state index is 0.303. The van der Waals surface area contributed by atoms with Crippen LogP contribution in [-0.2, 0) is 6.54 Å². The van der Waals surface area contributed by atoms with Crippen molar-refractivity contribution in [3.63, 3.8) is 0 Å². The molecule has 0 saturated heterocycles. The summed E-state index contributed by atoms with van der Waals surface area (Å²) in [5.74, 6) is 1.36. The Hall–Kier alpha value is -1.83. The topological polar surface area (TPSA) is 20.8 Å². The maximum absolute atomic E-state index is 9.75. The summed E-state index contributed by atoms with van der Waals surface area (Å²) in [5.41, 5.74) is 1.34. The molecule has 0 fully saturated rings. The summed E-state index contributed by atoms with van der Waals surface area (Å²) < 4.78 is 43.7. The number of fused-ring (bicyclic) bond motifs is 1. The van der Waals surface area contributed by atoms with E-state index in [-0.39, 0.29) is 0 Å². The molecule has 126 valence electrons. The molecule has 1 aliphatic rings. The maximum atomic E-state index is 9.75. The Balaban J connectivity index is 0.000000338. The Bertz CT molecular complexity index is 619. The van der Waals surface area contributed by atoms with Crippen LogP contribution in [0.1, 0.15) is 37.3 Å². The molecular weight excluding hydrogens is 309 g/mol. The van der Waals surface area contributed by atoms with Crippen molar-refractivity contribution in [2.75, 3.05) is 6.54 Å². The van der Waals surface area contributed by atoms with Crippen molar-refractivity contribution in [1.82, 2.24) is 9.88 Å². The summed E-state index contributed by atoms with van der Waals surface area (Å²) in [4.78, 5) is 0. The fraction of sp³-hybridized carbons (Fsp3) is 0.400. The first-order chi connectivity index (χ1) is 10.8. The number of aromatic nitrogens is 2. The van der Waals surface area contributed by atoms with E-state index >= 15 is 0 Å². The molecule has 0 spiro atoms. The normalized spacial score (nSPS) is 17.4. The summed E-state index contributed by atoms with van der Waals surface area (Å²) in [7, 11) is -6.00. The van der Waals surface area contributed by atoms with Gasteiger partial charge in [-0.25, -0.2) is 9.13 Å². The standard InChI is InChI=1S/C15H20N3.BF4/c1-12(2)18-11-10-17-9-8-16-14(15(17)18)13-6-4-3-5-7-13;2-1(3,4)5/h3-7,10-12,14,16H,8-9H2,1-2H3;/q+1;-1/t14-;/m1./s1. The average molecular weight is 329 g/mol. The number of rotatable bonds is 2. The third kappa shape index (κ3) is 4.82. The quantitative estimate of drug-likeness (QED) is 0.509. The van der Waals surface area contributed by atoms with Crippen molar-refractivity contribution in [2.24, 2.45) is 0 Å². The molecule has 1 atom stereocenters. The second-order valence-corrected chi connectivity index (χ2v) is 5.64. The van der Waals surface area contributed by atoms with E-state index in [4.69, 9.17) is 0 Å². The van der Waals surface area contributed by atoms with Gasteiger partial charge in [-0.1, -0.05) is 30.3 Å². The number of imidazole rings is 1. The number of hydrogen-bond acceptors (Lipinski definition) is 1. The molecule has 8 heteroatoms. The molecule has 0 amide bonds. The molecule has 3 rings (SSSR count). The second kappa shape index (κ2) is 7.17. The molecule has 0 bridgehead atoms. The highest BCUT2D eigenvalue weighted by molar-refractivity contribution is 6.50. The van der Waals surface area contributed by atoms with Crippen molar-refractivity contribution >= 4 is 7.25 Å². The summed E-state index contributed by atoms with van der Waals surface area (Å²) in [5, 5.41) is 3.63. The van der Waals surface area contributed by atoms with Gasteiger partial charge >= 0.3 is 7.25 Å². The van der Waals surface area contributed by atoms with Crippen LogP contribution in [0.2, 0.25) is 0 Å². The van der Waals surface area contributed by atoms with E-state index in [1.165, 1.54) is 11.4 Å². The monoisotopic (exact) mass is 329 g/mol. The van der Waals surface area contributed by atoms with Crippen LogP contribution in [0.4, 0.5) is 17.3 Å². The molecule has 0 radical (unpaired) electrons. The van der Waals surface area contributed by atoms with Gasteiger partial charge in [0, 0.05) is 6.54 Å². The van der Waals surface area contributed by atoms with E-state index in [2.05, 4.69) is 71.0 Å². The van der Waals surface area contributed by atoms with Gasteiger partial charge in [-0.05, 0) is 19.4 Å². The van der Waals surface area contributed by atoms with Gasteiger partial charge in [0.15, 0.2) is 0 Å². The lowest BCUT2D eigenvalue weighted by Crippen LogP contribution is -2.51. The lowest BCUT2D eigenvalue weighted by atomic mass is 10.0. The molecule has 1 aliphatic heterocycles. The van der Waals surface area contributed by atoms with Crippen molar-refractivity contribution in [1.29, 1.82) is 0 Å². The lowest BCUT2D eigenvalue weighted by Gasteiger charge is -2.23. The van der Waals surface area contributed by atoms with Gasteiger partial charge in [0.2, 0.25) is 0 Å². The van der Waals surface area contributed by atoms with Gasteiger partial charge in [-0.3, -0.25) is 5.32 Å². The molecule has 0 aliphatic carbocycles. The van der Waals surface area contributed by atoms with Crippen molar-refractivity contribution < 1.29 is 21.8 Å². The van der Waals surface area contributed by atoms with Crippen LogP contribution in [0.5, 0.6) is 0 Å². The SMILES string of the molecule is CC(C)n1cc[n+]2c1[C@@H](c1ccccc1)NCC2.F[B-](F)(F)F. The maximum Gasteiger partial charge on any atom is 0.673 e. The zero-order valence-electron chi connectivity index (χ0n) is 13.1. The molecule has 23 heavy (non-hydrogen) atoms. The van der Waals surface area contributed by atoms with E-state index < -0.39 is 7.25 Å². The van der Waals surface area contributed by atoms with Gasteiger partial charge in [0.25, 0.3) is 5.82 Å². The van der Waals surface area contributed by atoms with Crippen LogP contribution in [0.15, 0.2) is 42.7 Å². The lowest BCUT2D eigenvalue weighted by molar-refractivity contribution is -0.708. The average Bonchev–Trinajstić information content (AvgIpc) is 2.90. The van der Waals surface area contributed by atoms with Crippen LogP contribution >= 0.6 is 0 Å². The van der Waals surface area contributed by atoms with E-state index in [0.29, 0.717) is 12.1 Å². The number of nitrogens with zero attached hydrogens (tertiary/aromatic N) is 2. The third-order valence-corrected chi connectivity index (χ3v) is 3.61. The van der Waals surface area contributed by atoms with Gasteiger partial charge in [0.1, 0.15) is 25.0 Å². The van der Waals surface area contributed by atoms with Crippen LogP contribution in [-0.4, -0.2) is 18.4 Å². The van der Waals surface area contributed by atoms with Gasteiger partial charge in [-0.15, -0.1) is 0 Å². The molecule has 2 aromatic rings. The van der Waals surface area contributed by atoms with Crippen molar-refractivity contribution in [2.45, 2.75) is 32.5 Å². The van der Waals surface area contributed by atoms with Crippen LogP contribution in [0.3, 0.4) is 0 Å². The third-order valence-electron chi connectivity index (χ3n) is 3.61. The Morgan fingerprint density at radius 2 is 1.78 bits per heavy atom. The summed E-state index contributed by atoms with van der Waals surface area (Å²) >= 11 is 0. The largest absolute Gasteiger partial charge is 0.673 e. The smallest absolute Gasteiger partial charge is 0.418 e. The Morgan fingerprint density at radius 1 is 1.17 bits per heavy atom. The van der Waals surface area contributed by atoms with E-state index in [1.54, 1.807) is 0 Å². The van der Waals surface area contributed by atoms with Crippen molar-refractivity contribution in [3.05, 3.63) is 54.1 Å². The molecular formula is C15H20BF4N3. The molecule has 1 aromatic heterocycles. The van der Waals surface area contributed by atoms with Crippen LogP contribution in [0, 0.1) is 0 Å². The Morgan fingerprint density at radius 3 is 2.35 bits per heavy atom. The highest BCUT2D eigenvalue weighted by atomic mass is 19.5. The Kier molecular flexibility index (Phi) is 5.46. The number of hydrogen-bond donors (Lipinski definition) is 1. The molecule has 1 N–H and O–H groups in total. The number of nitrogens with one attached hydrogen (secondary N) is 1. The fourth-order valence-electron chi connectivity index (χ4n) is 2.73. The molecule has 3 nitrogen and oxygen atoms in total. The summed E-state index contributed by atoms with van der Waals surface area (Å²) in [6.07, 6.45) is 4.40. The molecule has 0 saturated carbocycles. The predicted octanol–water partition coefficient (Wildman–Crippen LogP) is 3.35. The second-order valence-electron chi connectivity index (χ2n) is 5.64. The zero-order valence-corrected chi connectivity index (χ0v) is 13.1. The predicted molar refractivity (Wildman–Crippen MR) is 81.5 cm³/mol. The van der Waals surface area contributed by atoms with E-state index in [9.17, 15) is 17.3 Å². The highest BCUT2D eigenvalue weighted by Gasteiger charge is 2.32. The van der Waals surface area contributed by atoms with Crippen LogP contribution in [0.25, 0.3) is 0 Å². The first-order valence-electron chi connectivity index (χ1n) is 7.53. The number of benzene rings is 1. The minimum Gasteiger partial charge on any atom is -0.418 e. The van der Waals surface area contributed by atoms with Gasteiger partial charge in [-0.2, -0.15) is 0 Å². The van der Waals surface area contributed by atoms with E-state index in [0.717, 1.165) is 13.1 Å². The number of halogens is 4. The molecule has 1 aromatic carbocycles. The molecule has 0 unspecified atom stereocenters.